The number of hydrogen-bond acceptors (Lipinski definition) is 24. The molecule has 26 heteroatoms. The van der Waals surface area contributed by atoms with Crippen molar-refractivity contribution >= 4 is 68.0 Å². The monoisotopic (exact) mass is 1590 g/mol. The first kappa shape index (κ1) is 88.7. The van der Waals surface area contributed by atoms with E-state index in [1.165, 1.54) is 58.3 Å². The maximum atomic E-state index is 12.4. The van der Waals surface area contributed by atoms with Crippen LogP contribution in [-0.4, -0.2) is 157 Å². The zero-order chi connectivity index (χ0) is 81.3. The molecule has 110 heavy (non-hydrogen) atoms. The van der Waals surface area contributed by atoms with Gasteiger partial charge in [-0.2, -0.15) is 16.8 Å². The Morgan fingerprint density at radius 2 is 0.764 bits per heavy atom. The Balaban J connectivity index is 0.000000153. The largest absolute Gasteiger partial charge is 0.459 e. The molecule has 2 N–H and O–H groups in total. The van der Waals surface area contributed by atoms with E-state index in [4.69, 9.17) is 46.3 Å². The second kappa shape index (κ2) is 34.3. The summed E-state index contributed by atoms with van der Waals surface area (Å²) < 4.78 is 101. The number of aliphatic hydroxyl groups is 2. The highest BCUT2D eigenvalue weighted by Gasteiger charge is 2.67. The summed E-state index contributed by atoms with van der Waals surface area (Å²) in [6.07, 6.45) is 26.8. The summed E-state index contributed by atoms with van der Waals surface area (Å²) in [5, 5.41) is 20.3. The summed E-state index contributed by atoms with van der Waals surface area (Å²) in [5.74, 6) is -1.06. The molecule has 14 atom stereocenters. The third-order valence-corrected chi connectivity index (χ3v) is 30.9. The highest BCUT2D eigenvalue weighted by Crippen LogP contribution is 2.62. The van der Waals surface area contributed by atoms with Gasteiger partial charge in [-0.3, -0.25) is 22.7 Å². The fourth-order valence-corrected chi connectivity index (χ4v) is 24.4. The van der Waals surface area contributed by atoms with Gasteiger partial charge in [-0.05, 0) is 259 Å². The molecule has 0 aromatic heterocycles. The van der Waals surface area contributed by atoms with E-state index in [0.717, 1.165) is 103 Å². The molecule has 14 aliphatic carbocycles. The predicted octanol–water partition coefficient (Wildman–Crippen LogP) is 13.7. The van der Waals surface area contributed by atoms with Gasteiger partial charge in [0.05, 0.1) is 37.9 Å². The van der Waals surface area contributed by atoms with E-state index in [1.54, 1.807) is 27.7 Å². The van der Waals surface area contributed by atoms with Crippen molar-refractivity contribution in [1.29, 1.82) is 0 Å². The fourth-order valence-electron chi connectivity index (χ4n) is 20.6. The van der Waals surface area contributed by atoms with Crippen LogP contribution in [0.2, 0.25) is 0 Å². The Morgan fingerprint density at radius 3 is 1.12 bits per heavy atom. The lowest BCUT2D eigenvalue weighted by molar-refractivity contribution is -0.225. The molecule has 2 heterocycles. The molecule has 16 aliphatic rings. The molecule has 0 aromatic rings. The van der Waals surface area contributed by atoms with Crippen molar-refractivity contribution in [3.05, 3.63) is 36.5 Å². The Labute approximate surface area is 654 Å². The molecular formula is C84H130O24S2. The molecule has 2 saturated heterocycles. The van der Waals surface area contributed by atoms with Gasteiger partial charge in [-0.25, -0.2) is 24.0 Å². The number of esters is 8. The minimum absolute atomic E-state index is 0.00284. The van der Waals surface area contributed by atoms with Crippen molar-refractivity contribution in [2.75, 3.05) is 13.2 Å². The summed E-state index contributed by atoms with van der Waals surface area (Å²) in [6, 6.07) is 0. The molecule has 16 fully saturated rings. The van der Waals surface area contributed by atoms with Crippen LogP contribution >= 0.6 is 0 Å². The summed E-state index contributed by atoms with van der Waals surface area (Å²) in [4.78, 5) is 94.3. The zero-order valence-electron chi connectivity index (χ0n) is 68.2. The van der Waals surface area contributed by atoms with Gasteiger partial charge in [-0.15, -0.1) is 0 Å². The lowest BCUT2D eigenvalue weighted by Crippen LogP contribution is -2.61. The molecule has 622 valence electrons. The van der Waals surface area contributed by atoms with Crippen LogP contribution in [0.3, 0.4) is 0 Å². The predicted molar refractivity (Wildman–Crippen MR) is 407 cm³/mol. The van der Waals surface area contributed by atoms with Crippen molar-refractivity contribution in [2.24, 2.45) is 63.6 Å². The second-order valence-electron chi connectivity index (χ2n) is 37.6. The molecule has 0 spiro atoms. The van der Waals surface area contributed by atoms with Crippen molar-refractivity contribution < 1.29 is 112 Å². The first-order chi connectivity index (χ1) is 51.2. The number of ether oxygens (including phenoxy) is 8. The standard InChI is InChI=1S/C16H26O3.C15H22O7S.C14H20O3.C14H26O2.C13H16O7S.C12H20O2/c1-4-14(2,3)13(17)19-16-8-11-5-12(9-16)7-15(18,6-11)10-16;1-4-15(2,3)14(17)20-7-11(16)21-12-8-5-9-10(6-8)23(18,19)22-13(9)12;1-9(2)12(15)17-14-6-10-3-11(7-14)5-13(16,4-10)8-14;1-5-13(3,4)12(15)16-14(6-2)10-8-7-9-11-14;1-6(2)13(15)18-5-10(14)19-11-7-3-8-9(4-7)21(16,17)20-12(8)11;1-4-12(8-6-5-7-9-12)14-11(13)10(2)3/h11-12,18H,4-10H2,1-3H3;8-10,12-13H,4-7H2,1-3H3;10-11,16H,1,3-8H2,2H3;5-11H2,1-4H3;7-9,11-12H,1,3-5H2,2H3;2,4-9H2,1,3H3. The number of carbonyl (C=O) groups excluding carboxylic acids is 8. The summed E-state index contributed by atoms with van der Waals surface area (Å²) in [7, 11) is -7.05. The zero-order valence-corrected chi connectivity index (χ0v) is 69.9. The smallest absolute Gasteiger partial charge is 0.344 e. The van der Waals surface area contributed by atoms with Gasteiger partial charge in [0.25, 0.3) is 20.2 Å². The molecule has 12 bridgehead atoms. The van der Waals surface area contributed by atoms with E-state index in [1.807, 2.05) is 48.5 Å². The summed E-state index contributed by atoms with van der Waals surface area (Å²) in [6.45, 7) is 36.0. The molecule has 16 rings (SSSR count). The highest BCUT2D eigenvalue weighted by atomic mass is 32.2. The maximum absolute atomic E-state index is 12.4. The number of rotatable bonds is 21. The highest BCUT2D eigenvalue weighted by molar-refractivity contribution is 7.88. The molecular weight excluding hydrogens is 1460 g/mol. The number of carbonyl (C=O) groups is 8. The lowest BCUT2D eigenvalue weighted by atomic mass is 9.52. The van der Waals surface area contributed by atoms with Crippen molar-refractivity contribution in [1.82, 2.24) is 0 Å². The second-order valence-corrected chi connectivity index (χ2v) is 41.1. The summed E-state index contributed by atoms with van der Waals surface area (Å²) >= 11 is 0. The van der Waals surface area contributed by atoms with Crippen LogP contribution in [0.4, 0.5) is 0 Å². The lowest BCUT2D eigenvalue weighted by Gasteiger charge is -2.59. The van der Waals surface area contributed by atoms with Crippen LogP contribution in [-0.2, 0) is 105 Å². The Kier molecular flexibility index (Phi) is 27.6. The van der Waals surface area contributed by atoms with Crippen LogP contribution in [0.1, 0.15) is 296 Å². The minimum atomic E-state index is -3.53. The first-order valence-electron chi connectivity index (χ1n) is 41.1. The first-order valence-corrected chi connectivity index (χ1v) is 44.0. The average Bonchev–Trinajstić information content (AvgIpc) is 1.46. The molecule has 14 unspecified atom stereocenters. The van der Waals surface area contributed by atoms with Crippen molar-refractivity contribution in [3.8, 4) is 0 Å². The molecule has 2 aliphatic heterocycles. The van der Waals surface area contributed by atoms with Crippen LogP contribution in [0.5, 0.6) is 0 Å². The Hall–Kier alpha value is -5.28. The van der Waals surface area contributed by atoms with E-state index in [2.05, 4.69) is 33.6 Å². The van der Waals surface area contributed by atoms with Crippen LogP contribution in [0, 0.1) is 63.6 Å². The molecule has 14 saturated carbocycles. The normalized spacial score (nSPS) is 35.5. The maximum Gasteiger partial charge on any atom is 0.344 e. The topological polar surface area (TPSA) is 338 Å². The Morgan fingerprint density at radius 1 is 0.427 bits per heavy atom. The summed E-state index contributed by atoms with van der Waals surface area (Å²) in [5.41, 5.74) is -2.46. The van der Waals surface area contributed by atoms with E-state index in [9.17, 15) is 65.4 Å². The van der Waals surface area contributed by atoms with Gasteiger partial charge >= 0.3 is 47.8 Å². The van der Waals surface area contributed by atoms with Crippen LogP contribution in [0.15, 0.2) is 36.5 Å². The molecule has 0 amide bonds. The van der Waals surface area contributed by atoms with Crippen LogP contribution < -0.4 is 0 Å². The average molecular weight is 1590 g/mol. The van der Waals surface area contributed by atoms with Gasteiger partial charge < -0.3 is 48.1 Å². The van der Waals surface area contributed by atoms with Gasteiger partial charge in [0, 0.05) is 53.2 Å². The third kappa shape index (κ3) is 20.5. The van der Waals surface area contributed by atoms with E-state index < -0.39 is 120 Å². The molecule has 0 radical (unpaired) electrons. The number of fused-ring (bicyclic) bond motifs is 2. The Bertz CT molecular complexity index is 3640. The third-order valence-electron chi connectivity index (χ3n) is 27.4. The van der Waals surface area contributed by atoms with Gasteiger partial charge in [-0.1, -0.05) is 67.2 Å². The minimum Gasteiger partial charge on any atom is -0.459 e. The quantitative estimate of drug-likeness (QED) is 0.0466. The van der Waals surface area contributed by atoms with Gasteiger partial charge in [0.15, 0.2) is 13.2 Å². The van der Waals surface area contributed by atoms with E-state index in [-0.39, 0.29) is 75.3 Å². The van der Waals surface area contributed by atoms with Gasteiger partial charge in [0.1, 0.15) is 46.8 Å². The SMILES string of the molecule is C=C(C)C(=O)OC1(CC)CCCCC1.C=C(C)C(=O)OC12CC3CC(CC(O)(C3)C1)C2.C=C(C)C(=O)OCC(=O)OC1C2CC3C1OS(=O)(=O)C3C2.CCC(C)(C)C(=O)OC12CC3CC(CC(O)(C3)C1)C2.CCC(C)(C)C(=O)OCC(=O)OC1C2CC3C1OS(=O)(=O)C3C2.CCC1(OC(=O)C(C)(C)CC)CCCCC1. The molecule has 0 aromatic carbocycles. The van der Waals surface area contributed by atoms with E-state index in [0.29, 0.717) is 79.8 Å². The molecule has 24 nitrogen and oxygen atoms in total. The van der Waals surface area contributed by atoms with Crippen molar-refractivity contribution in [2.45, 2.75) is 364 Å². The fraction of sp³-hybridized carbons (Fsp3) is 0.833. The van der Waals surface area contributed by atoms with Crippen LogP contribution in [0.25, 0.3) is 0 Å². The van der Waals surface area contributed by atoms with Crippen molar-refractivity contribution in [3.63, 3.8) is 0 Å². The van der Waals surface area contributed by atoms with Gasteiger partial charge in [0.2, 0.25) is 0 Å². The van der Waals surface area contributed by atoms with E-state index >= 15 is 0 Å². The number of hydrogen-bond donors (Lipinski definition) is 2.